The molecule has 4 rings (SSSR count). The minimum absolute atomic E-state index is 0. The Kier molecular flexibility index (Phi) is 20.6. The maximum Gasteiger partial charge on any atom is 0.365 e. The lowest BCUT2D eigenvalue weighted by Gasteiger charge is -2.36. The Labute approximate surface area is 371 Å². The van der Waals surface area contributed by atoms with E-state index in [0.717, 1.165) is 72.2 Å². The molecule has 0 radical (unpaired) electrons. The summed E-state index contributed by atoms with van der Waals surface area (Å²) < 4.78 is 11.5. The van der Waals surface area contributed by atoms with Gasteiger partial charge in [-0.25, -0.2) is 9.59 Å². The highest BCUT2D eigenvalue weighted by atomic mass is 35.5. The molecule has 0 bridgehead atoms. The number of esters is 2. The highest BCUT2D eigenvalue weighted by molar-refractivity contribution is 6.02. The lowest BCUT2D eigenvalue weighted by Crippen LogP contribution is -3.00. The second-order valence-electron chi connectivity index (χ2n) is 17.8. The fourth-order valence-electron chi connectivity index (χ4n) is 8.19. The maximum absolute atomic E-state index is 13.2. The van der Waals surface area contributed by atoms with E-state index in [1.54, 1.807) is 0 Å². The molecular formula is C50H68Cl2N2O6. The summed E-state index contributed by atoms with van der Waals surface area (Å²) in [5.41, 5.74) is 7.02. The van der Waals surface area contributed by atoms with Crippen molar-refractivity contribution >= 4 is 23.5 Å². The van der Waals surface area contributed by atoms with Gasteiger partial charge in [0.05, 0.1) is 13.1 Å². The van der Waals surface area contributed by atoms with E-state index in [-0.39, 0.29) is 71.2 Å². The van der Waals surface area contributed by atoms with Crippen LogP contribution in [0.15, 0.2) is 130 Å². The quantitative estimate of drug-likeness (QED) is 0.202. The zero-order chi connectivity index (χ0) is 42.6. The van der Waals surface area contributed by atoms with E-state index in [1.807, 2.05) is 99.1 Å². The first kappa shape index (κ1) is 52.1. The maximum atomic E-state index is 13.2. The highest BCUT2D eigenvalue weighted by Crippen LogP contribution is 2.42. The second-order valence-corrected chi connectivity index (χ2v) is 17.8. The molecule has 0 aromatic heterocycles. The summed E-state index contributed by atoms with van der Waals surface area (Å²) >= 11 is 0. The van der Waals surface area contributed by atoms with E-state index in [2.05, 4.69) is 65.8 Å². The second kappa shape index (κ2) is 23.8. The fourth-order valence-corrected chi connectivity index (χ4v) is 8.19. The Morgan fingerprint density at radius 2 is 0.900 bits per heavy atom. The van der Waals surface area contributed by atoms with Crippen LogP contribution in [-0.4, -0.2) is 60.9 Å². The van der Waals surface area contributed by atoms with E-state index >= 15 is 0 Å². The monoisotopic (exact) mass is 862 g/mol. The molecule has 4 atom stereocenters. The number of ketones is 2. The fraction of sp³-hybridized carbons (Fsp3) is 0.480. The van der Waals surface area contributed by atoms with E-state index in [4.69, 9.17) is 9.47 Å². The van der Waals surface area contributed by atoms with Crippen LogP contribution >= 0.6 is 0 Å². The van der Waals surface area contributed by atoms with Crippen LogP contribution in [0.2, 0.25) is 0 Å². The third-order valence-corrected chi connectivity index (χ3v) is 11.7. The van der Waals surface area contributed by atoms with Crippen molar-refractivity contribution in [2.45, 2.75) is 132 Å². The first-order chi connectivity index (χ1) is 27.4. The number of nitrogens with two attached hydrogens (primary N) is 2. The smallest absolute Gasteiger partial charge is 0.365 e. The van der Waals surface area contributed by atoms with Gasteiger partial charge in [0.1, 0.15) is 0 Å². The minimum Gasteiger partial charge on any atom is -1.00 e. The molecule has 2 saturated heterocycles. The summed E-state index contributed by atoms with van der Waals surface area (Å²) in [6, 6.07) is -0.370. The lowest BCUT2D eigenvalue weighted by molar-refractivity contribution is -0.659. The lowest BCUT2D eigenvalue weighted by atomic mass is 9.71. The number of Topliss-reactive ketones (excluding diaryl/α,β-unsaturated/α-hetero) is 2. The van der Waals surface area contributed by atoms with Crippen molar-refractivity contribution in [3.8, 4) is 0 Å². The predicted octanol–water partition coefficient (Wildman–Crippen LogP) is 1.47. The van der Waals surface area contributed by atoms with Gasteiger partial charge < -0.3 is 44.9 Å². The van der Waals surface area contributed by atoms with Crippen molar-refractivity contribution in [2.24, 2.45) is 10.8 Å². The average Bonchev–Trinajstić information content (AvgIpc) is 3.90. The number of allylic oxidation sites excluding steroid dienone is 20. The molecule has 2 aliphatic carbocycles. The van der Waals surface area contributed by atoms with Gasteiger partial charge in [0.15, 0.2) is 35.9 Å². The normalized spacial score (nSPS) is 25.6. The van der Waals surface area contributed by atoms with Crippen LogP contribution in [-0.2, 0) is 28.7 Å². The molecule has 2 aliphatic heterocycles. The predicted molar refractivity (Wildman–Crippen MR) is 232 cm³/mol. The zero-order valence-corrected chi connectivity index (χ0v) is 38.9. The third-order valence-electron chi connectivity index (χ3n) is 11.7. The third kappa shape index (κ3) is 14.8. The highest BCUT2D eigenvalue weighted by Gasteiger charge is 2.43. The number of halogens is 2. The Morgan fingerprint density at radius 1 is 0.567 bits per heavy atom. The van der Waals surface area contributed by atoms with Gasteiger partial charge in [0, 0.05) is 38.5 Å². The molecule has 0 spiro atoms. The van der Waals surface area contributed by atoms with Crippen molar-refractivity contribution in [1.29, 1.82) is 0 Å². The van der Waals surface area contributed by atoms with Crippen molar-refractivity contribution in [1.82, 2.24) is 0 Å². The van der Waals surface area contributed by atoms with Gasteiger partial charge in [-0.3, -0.25) is 9.59 Å². The summed E-state index contributed by atoms with van der Waals surface area (Å²) in [5, 5.41) is 4.02. The van der Waals surface area contributed by atoms with Crippen LogP contribution in [0.3, 0.4) is 0 Å². The van der Waals surface area contributed by atoms with Crippen LogP contribution in [0, 0.1) is 10.8 Å². The van der Waals surface area contributed by atoms with Crippen molar-refractivity contribution in [3.63, 3.8) is 0 Å². The van der Waals surface area contributed by atoms with E-state index in [1.165, 1.54) is 0 Å². The summed E-state index contributed by atoms with van der Waals surface area (Å²) in [6.45, 7) is 22.1. The number of hydrogen-bond donors (Lipinski definition) is 2. The first-order valence-corrected chi connectivity index (χ1v) is 21.1. The molecule has 0 aromatic carbocycles. The zero-order valence-electron chi connectivity index (χ0n) is 37.4. The standard InChI is InChI=1S/C50H66N2O6.2ClH/c1-33(19-13-21-35(3)25-27-39-37(5)45(53)43(31-49(39,7)8)57-47(55)41-23-15-29-51-41)17-11-12-18-34(2)20-14-22-36(4)26-28-40-38(6)46(54)44(32-50(40,9)10)58-48(56)42-24-16-30-52-42;;/h11-14,17-22,25-28,41-44,51-52H,15-16,23-24,29-32H2,1-10H3;2*1H/b12-11+,19-13+,20-14+,27-25+,28-26+,33-17+,34-18+,35-21+,36-22+;;. The Morgan fingerprint density at radius 3 is 1.23 bits per heavy atom. The van der Waals surface area contributed by atoms with Crippen LogP contribution in [0.5, 0.6) is 0 Å². The molecule has 0 amide bonds. The summed E-state index contributed by atoms with van der Waals surface area (Å²) in [4.78, 5) is 51.6. The molecular weight excluding hydrogens is 795 g/mol. The van der Waals surface area contributed by atoms with Crippen LogP contribution < -0.4 is 35.4 Å². The van der Waals surface area contributed by atoms with Gasteiger partial charge in [-0.1, -0.05) is 135 Å². The van der Waals surface area contributed by atoms with Crippen molar-refractivity contribution < 1.29 is 64.1 Å². The molecule has 60 heavy (non-hydrogen) atoms. The molecule has 0 aromatic rings. The van der Waals surface area contributed by atoms with Gasteiger partial charge in [0.2, 0.25) is 0 Å². The first-order valence-electron chi connectivity index (χ1n) is 21.1. The van der Waals surface area contributed by atoms with Crippen LogP contribution in [0.25, 0.3) is 0 Å². The van der Waals surface area contributed by atoms with Crippen LogP contribution in [0.1, 0.15) is 108 Å². The summed E-state index contributed by atoms with van der Waals surface area (Å²) in [7, 11) is 0. The SMILES string of the molecule is CC1=C(/C=C/C(C)=C/C=C/C(C)=C/C=C/C=C(C)/C=C/C=C(C)/C=C/C2=C(C)C(=O)C(OC(=O)C3CCC[NH2+]3)CC2(C)C)C(C)(C)CC(OC(=O)C2CCC[NH2+]2)C1=O.[Cl-].[Cl-]. The molecule has 4 N–H and O–H groups in total. The Hall–Kier alpha value is -4.08. The van der Waals surface area contributed by atoms with Gasteiger partial charge >= 0.3 is 11.9 Å². The van der Waals surface area contributed by atoms with Crippen molar-refractivity contribution in [2.75, 3.05) is 13.1 Å². The van der Waals surface area contributed by atoms with Crippen molar-refractivity contribution in [3.05, 3.63) is 130 Å². The molecule has 4 aliphatic rings. The number of carbonyl (C=O) groups excluding carboxylic acids is 4. The molecule has 4 unspecified atom stereocenters. The van der Waals surface area contributed by atoms with E-state index in [9.17, 15) is 19.2 Å². The molecule has 2 heterocycles. The number of quaternary nitrogens is 2. The molecule has 10 heteroatoms. The Bertz CT molecular complexity index is 1800. The van der Waals surface area contributed by atoms with Gasteiger partial charge in [-0.2, -0.15) is 0 Å². The minimum atomic E-state index is -0.720. The van der Waals surface area contributed by atoms with Crippen LogP contribution in [0.4, 0.5) is 0 Å². The summed E-state index contributed by atoms with van der Waals surface area (Å²) in [6.07, 6.45) is 31.7. The summed E-state index contributed by atoms with van der Waals surface area (Å²) in [5.74, 6) is -0.728. The molecule has 328 valence electrons. The average molecular weight is 864 g/mol. The number of carbonyl (C=O) groups is 4. The van der Waals surface area contributed by atoms with Gasteiger partial charge in [-0.15, -0.1) is 0 Å². The number of hydrogen-bond acceptors (Lipinski definition) is 6. The number of rotatable bonds is 14. The van der Waals surface area contributed by atoms with Gasteiger partial charge in [0.25, 0.3) is 0 Å². The largest absolute Gasteiger partial charge is 1.00 e. The topological polar surface area (TPSA) is 120 Å². The van der Waals surface area contributed by atoms with Gasteiger partial charge in [-0.05, 0) is 74.7 Å². The Balaban J connectivity index is 0.00000620. The molecule has 8 nitrogen and oxygen atoms in total. The van der Waals surface area contributed by atoms with E-state index < -0.39 is 12.2 Å². The molecule has 0 saturated carbocycles. The molecule has 2 fully saturated rings. The van der Waals surface area contributed by atoms with E-state index in [0.29, 0.717) is 24.0 Å². The number of ether oxygens (including phenoxy) is 2.